The molecule has 0 aromatic carbocycles. The monoisotopic (exact) mass is 250 g/mol. The molecule has 0 aliphatic rings. The van der Waals surface area contributed by atoms with Gasteiger partial charge in [0.1, 0.15) is 11.9 Å². The Hall–Kier alpha value is -2.11. The van der Waals surface area contributed by atoms with E-state index < -0.39 is 6.04 Å². The third-order valence-corrected chi connectivity index (χ3v) is 2.37. The number of nitrogens with zero attached hydrogens (tertiary/aromatic N) is 1. The predicted octanol–water partition coefficient (Wildman–Crippen LogP) is 0.378. The van der Waals surface area contributed by atoms with E-state index in [4.69, 9.17) is 0 Å². The second kappa shape index (κ2) is 6.58. The smallest absolute Gasteiger partial charge is 0.252 e. The molecular formula is C12H18N4O2. The van der Waals surface area contributed by atoms with Gasteiger partial charge in [-0.05, 0) is 26.0 Å². The highest BCUT2D eigenvalue weighted by molar-refractivity contribution is 5.97. The number of carbonyl (C=O) groups is 2. The minimum Gasteiger partial charge on any atom is -0.373 e. The lowest BCUT2D eigenvalue weighted by atomic mass is 10.2. The molecule has 0 radical (unpaired) electrons. The Morgan fingerprint density at radius 1 is 1.44 bits per heavy atom. The normalized spacial score (nSPS) is 11.5. The average Bonchev–Trinajstić information content (AvgIpc) is 2.39. The van der Waals surface area contributed by atoms with Gasteiger partial charge >= 0.3 is 0 Å². The van der Waals surface area contributed by atoms with Crippen LogP contribution in [0.4, 0.5) is 5.82 Å². The number of carbonyl (C=O) groups excluding carboxylic acids is 2. The highest BCUT2D eigenvalue weighted by atomic mass is 16.2. The van der Waals surface area contributed by atoms with Gasteiger partial charge in [0.2, 0.25) is 5.91 Å². The Bertz CT molecular complexity index is 434. The van der Waals surface area contributed by atoms with E-state index in [1.807, 2.05) is 6.92 Å². The number of amides is 2. The van der Waals surface area contributed by atoms with Gasteiger partial charge in [-0.15, -0.1) is 0 Å². The number of nitrogens with one attached hydrogen (secondary N) is 3. The highest BCUT2D eigenvalue weighted by Crippen LogP contribution is 2.05. The molecule has 0 aliphatic heterocycles. The van der Waals surface area contributed by atoms with Crippen LogP contribution in [0.25, 0.3) is 0 Å². The van der Waals surface area contributed by atoms with Crippen molar-refractivity contribution in [3.05, 3.63) is 23.9 Å². The number of hydrogen-bond donors (Lipinski definition) is 3. The fraction of sp³-hybridized carbons (Fsp3) is 0.417. The number of likely N-dealkylation sites (N-methyl/N-ethyl adjacent to an activating group) is 1. The zero-order chi connectivity index (χ0) is 13.5. The van der Waals surface area contributed by atoms with Crippen LogP contribution in [-0.2, 0) is 4.79 Å². The number of aromatic nitrogens is 1. The SMILES string of the molecule is CCNC(=O)C(C)NC(=O)c1ccnc(NC)c1. The second-order valence-electron chi connectivity index (χ2n) is 3.77. The van der Waals surface area contributed by atoms with Crippen molar-refractivity contribution in [2.45, 2.75) is 19.9 Å². The number of anilines is 1. The van der Waals surface area contributed by atoms with E-state index in [1.165, 1.54) is 6.20 Å². The summed E-state index contributed by atoms with van der Waals surface area (Å²) in [5.74, 6) is 0.106. The molecule has 0 saturated heterocycles. The molecule has 0 fully saturated rings. The third kappa shape index (κ3) is 3.73. The van der Waals surface area contributed by atoms with Crippen molar-refractivity contribution in [1.29, 1.82) is 0 Å². The van der Waals surface area contributed by atoms with Crippen molar-refractivity contribution in [2.24, 2.45) is 0 Å². The van der Waals surface area contributed by atoms with Crippen LogP contribution >= 0.6 is 0 Å². The van der Waals surface area contributed by atoms with Gasteiger partial charge in [0.25, 0.3) is 5.91 Å². The summed E-state index contributed by atoms with van der Waals surface area (Å²) in [5.41, 5.74) is 0.463. The molecule has 0 saturated carbocycles. The standard InChI is InChI=1S/C12H18N4O2/c1-4-14-11(17)8(2)16-12(18)9-5-6-15-10(7-9)13-3/h5-8H,4H2,1-3H3,(H,13,15)(H,14,17)(H,16,18). The van der Waals surface area contributed by atoms with E-state index in [9.17, 15) is 9.59 Å². The number of pyridine rings is 1. The Morgan fingerprint density at radius 3 is 2.78 bits per heavy atom. The van der Waals surface area contributed by atoms with Gasteiger partial charge in [-0.25, -0.2) is 4.98 Å². The van der Waals surface area contributed by atoms with E-state index in [1.54, 1.807) is 26.1 Å². The molecule has 1 aromatic rings. The molecule has 2 amide bonds. The molecule has 0 aliphatic carbocycles. The Morgan fingerprint density at radius 2 is 2.17 bits per heavy atom. The van der Waals surface area contributed by atoms with Crippen molar-refractivity contribution >= 4 is 17.6 Å². The lowest BCUT2D eigenvalue weighted by molar-refractivity contribution is -0.122. The Kier molecular flexibility index (Phi) is 5.10. The summed E-state index contributed by atoms with van der Waals surface area (Å²) in [4.78, 5) is 27.4. The number of rotatable bonds is 5. The van der Waals surface area contributed by atoms with E-state index in [0.717, 1.165) is 0 Å². The van der Waals surface area contributed by atoms with Crippen molar-refractivity contribution in [3.63, 3.8) is 0 Å². The minimum absolute atomic E-state index is 0.200. The molecule has 3 N–H and O–H groups in total. The maximum absolute atomic E-state index is 11.9. The van der Waals surface area contributed by atoms with Crippen LogP contribution in [0.15, 0.2) is 18.3 Å². The first-order valence-electron chi connectivity index (χ1n) is 5.80. The maximum Gasteiger partial charge on any atom is 0.252 e. The van der Waals surface area contributed by atoms with Gasteiger partial charge in [0, 0.05) is 25.4 Å². The lowest BCUT2D eigenvalue weighted by Crippen LogP contribution is -2.44. The van der Waals surface area contributed by atoms with Gasteiger partial charge < -0.3 is 16.0 Å². The van der Waals surface area contributed by atoms with E-state index >= 15 is 0 Å². The van der Waals surface area contributed by atoms with Crippen LogP contribution < -0.4 is 16.0 Å². The van der Waals surface area contributed by atoms with Crippen LogP contribution in [0, 0.1) is 0 Å². The third-order valence-electron chi connectivity index (χ3n) is 2.37. The van der Waals surface area contributed by atoms with Gasteiger partial charge in [-0.1, -0.05) is 0 Å². The van der Waals surface area contributed by atoms with Crippen molar-refractivity contribution in [1.82, 2.24) is 15.6 Å². The van der Waals surface area contributed by atoms with Crippen molar-refractivity contribution in [3.8, 4) is 0 Å². The molecule has 1 atom stereocenters. The van der Waals surface area contributed by atoms with E-state index in [-0.39, 0.29) is 11.8 Å². The average molecular weight is 250 g/mol. The van der Waals surface area contributed by atoms with Crippen molar-refractivity contribution < 1.29 is 9.59 Å². The highest BCUT2D eigenvalue weighted by Gasteiger charge is 2.15. The van der Waals surface area contributed by atoms with Crippen molar-refractivity contribution in [2.75, 3.05) is 18.9 Å². The molecule has 18 heavy (non-hydrogen) atoms. The quantitative estimate of drug-likeness (QED) is 0.705. The molecule has 1 aromatic heterocycles. The topological polar surface area (TPSA) is 83.1 Å². The first kappa shape index (κ1) is 14.0. The lowest BCUT2D eigenvalue weighted by Gasteiger charge is -2.13. The summed E-state index contributed by atoms with van der Waals surface area (Å²) in [6, 6.07) is 2.66. The van der Waals surface area contributed by atoms with Crippen LogP contribution in [0.2, 0.25) is 0 Å². The van der Waals surface area contributed by atoms with E-state index in [0.29, 0.717) is 17.9 Å². The summed E-state index contributed by atoms with van der Waals surface area (Å²) in [7, 11) is 1.72. The molecule has 6 heteroatoms. The molecule has 1 heterocycles. The summed E-state index contributed by atoms with van der Waals surface area (Å²) in [6.07, 6.45) is 1.54. The summed E-state index contributed by atoms with van der Waals surface area (Å²) in [6.45, 7) is 4.01. The van der Waals surface area contributed by atoms with Crippen LogP contribution in [0.5, 0.6) is 0 Å². The molecule has 1 unspecified atom stereocenters. The predicted molar refractivity (Wildman–Crippen MR) is 69.4 cm³/mol. The second-order valence-corrected chi connectivity index (χ2v) is 3.77. The van der Waals surface area contributed by atoms with Crippen LogP contribution in [-0.4, -0.2) is 36.4 Å². The summed E-state index contributed by atoms with van der Waals surface area (Å²) in [5, 5.41) is 8.12. The zero-order valence-electron chi connectivity index (χ0n) is 10.8. The number of hydrogen-bond acceptors (Lipinski definition) is 4. The first-order chi connectivity index (χ1) is 8.58. The minimum atomic E-state index is -0.566. The molecule has 0 bridgehead atoms. The molecule has 1 rings (SSSR count). The summed E-state index contributed by atoms with van der Waals surface area (Å²) < 4.78 is 0. The molecule has 98 valence electrons. The first-order valence-corrected chi connectivity index (χ1v) is 5.80. The van der Waals surface area contributed by atoms with Crippen LogP contribution in [0.1, 0.15) is 24.2 Å². The largest absolute Gasteiger partial charge is 0.373 e. The van der Waals surface area contributed by atoms with Gasteiger partial charge in [-0.2, -0.15) is 0 Å². The Balaban J connectivity index is 2.67. The van der Waals surface area contributed by atoms with Gasteiger partial charge in [0.15, 0.2) is 0 Å². The van der Waals surface area contributed by atoms with Gasteiger partial charge in [-0.3, -0.25) is 9.59 Å². The molecule has 6 nitrogen and oxygen atoms in total. The zero-order valence-corrected chi connectivity index (χ0v) is 10.8. The molecular weight excluding hydrogens is 232 g/mol. The maximum atomic E-state index is 11.9. The molecule has 0 spiro atoms. The fourth-order valence-electron chi connectivity index (χ4n) is 1.38. The van der Waals surface area contributed by atoms with Crippen LogP contribution in [0.3, 0.4) is 0 Å². The van der Waals surface area contributed by atoms with E-state index in [2.05, 4.69) is 20.9 Å². The Labute approximate surface area is 106 Å². The summed E-state index contributed by atoms with van der Waals surface area (Å²) >= 11 is 0. The fourth-order valence-corrected chi connectivity index (χ4v) is 1.38. The van der Waals surface area contributed by atoms with Gasteiger partial charge in [0.05, 0.1) is 0 Å².